The summed E-state index contributed by atoms with van der Waals surface area (Å²) in [4.78, 5) is 36.7. The standard InChI is InChI=1S/C24H22FN5O2/c1-2-3-9-27-24(32)30-17-6-7-21(25)19(11-17)22(31)20-14-29-23-18(20)10-16(13-28-23)15-5-4-8-26-12-15/h4-8,10-14H,2-3,9H2,1H3,(H,28,29)(H2,27,30,32). The predicted molar refractivity (Wildman–Crippen MR) is 121 cm³/mol. The first kappa shape index (κ1) is 21.2. The highest BCUT2D eigenvalue weighted by Crippen LogP contribution is 2.27. The third-order valence-corrected chi connectivity index (χ3v) is 5.06. The van der Waals surface area contributed by atoms with E-state index in [2.05, 4.69) is 25.6 Å². The van der Waals surface area contributed by atoms with Crippen LogP contribution in [-0.4, -0.2) is 33.3 Å². The molecule has 0 aliphatic carbocycles. The van der Waals surface area contributed by atoms with Gasteiger partial charge >= 0.3 is 6.03 Å². The second-order valence-electron chi connectivity index (χ2n) is 7.32. The lowest BCUT2D eigenvalue weighted by molar-refractivity contribution is 0.103. The summed E-state index contributed by atoms with van der Waals surface area (Å²) >= 11 is 0. The lowest BCUT2D eigenvalue weighted by Gasteiger charge is -2.09. The lowest BCUT2D eigenvalue weighted by Crippen LogP contribution is -2.29. The zero-order chi connectivity index (χ0) is 22.5. The first-order chi connectivity index (χ1) is 15.6. The average Bonchev–Trinajstić information content (AvgIpc) is 3.24. The van der Waals surface area contributed by atoms with Gasteiger partial charge in [-0.05, 0) is 36.8 Å². The van der Waals surface area contributed by atoms with Crippen molar-refractivity contribution in [3.63, 3.8) is 0 Å². The lowest BCUT2D eigenvalue weighted by atomic mass is 10.0. The minimum atomic E-state index is -0.669. The van der Waals surface area contributed by atoms with Crippen LogP contribution in [0.3, 0.4) is 0 Å². The number of hydrogen-bond donors (Lipinski definition) is 3. The van der Waals surface area contributed by atoms with Crippen LogP contribution in [0, 0.1) is 5.82 Å². The minimum absolute atomic E-state index is 0.135. The van der Waals surface area contributed by atoms with E-state index in [1.807, 2.05) is 25.1 Å². The Balaban J connectivity index is 1.63. The number of unbranched alkanes of at least 4 members (excludes halogenated alkanes) is 1. The van der Waals surface area contributed by atoms with Crippen molar-refractivity contribution >= 4 is 28.5 Å². The molecule has 0 spiro atoms. The van der Waals surface area contributed by atoms with Gasteiger partial charge in [-0.1, -0.05) is 19.4 Å². The molecule has 4 rings (SSSR count). The Morgan fingerprint density at radius 2 is 1.97 bits per heavy atom. The number of aromatic amines is 1. The Kier molecular flexibility index (Phi) is 6.21. The summed E-state index contributed by atoms with van der Waals surface area (Å²) in [7, 11) is 0. The smallest absolute Gasteiger partial charge is 0.319 e. The number of rotatable bonds is 7. The third-order valence-electron chi connectivity index (χ3n) is 5.06. The molecule has 2 amide bonds. The van der Waals surface area contributed by atoms with Crippen LogP contribution in [0.2, 0.25) is 0 Å². The molecule has 0 atom stereocenters. The Bertz CT molecular complexity index is 1270. The quantitative estimate of drug-likeness (QED) is 0.286. The molecule has 1 aromatic carbocycles. The van der Waals surface area contributed by atoms with E-state index < -0.39 is 17.6 Å². The Hall–Kier alpha value is -4.07. The number of anilines is 1. The van der Waals surface area contributed by atoms with Crippen molar-refractivity contribution in [3.8, 4) is 11.1 Å². The van der Waals surface area contributed by atoms with Crippen LogP contribution in [-0.2, 0) is 0 Å². The van der Waals surface area contributed by atoms with Gasteiger partial charge in [0.25, 0.3) is 0 Å². The van der Waals surface area contributed by atoms with Crippen LogP contribution in [0.1, 0.15) is 35.7 Å². The summed E-state index contributed by atoms with van der Waals surface area (Å²) in [6.07, 6.45) is 8.40. The molecule has 0 saturated heterocycles. The number of carbonyl (C=O) groups excluding carboxylic acids is 2. The van der Waals surface area contributed by atoms with Gasteiger partial charge in [-0.3, -0.25) is 9.78 Å². The molecule has 3 aromatic heterocycles. The number of urea groups is 1. The molecular formula is C24H22FN5O2. The fourth-order valence-corrected chi connectivity index (χ4v) is 3.36. The average molecular weight is 431 g/mol. The number of benzene rings is 1. The minimum Gasteiger partial charge on any atom is -0.345 e. The van der Waals surface area contributed by atoms with Crippen molar-refractivity contribution in [1.29, 1.82) is 0 Å². The largest absolute Gasteiger partial charge is 0.345 e. The van der Waals surface area contributed by atoms with E-state index in [0.717, 1.165) is 24.0 Å². The van der Waals surface area contributed by atoms with E-state index >= 15 is 0 Å². The zero-order valence-corrected chi connectivity index (χ0v) is 17.5. The van der Waals surface area contributed by atoms with Gasteiger partial charge in [0.1, 0.15) is 11.5 Å². The monoisotopic (exact) mass is 431 g/mol. The van der Waals surface area contributed by atoms with E-state index in [1.54, 1.807) is 18.6 Å². The first-order valence-corrected chi connectivity index (χ1v) is 10.3. The van der Waals surface area contributed by atoms with Crippen molar-refractivity contribution in [1.82, 2.24) is 20.3 Å². The molecule has 162 valence electrons. The number of nitrogens with zero attached hydrogens (tertiary/aromatic N) is 2. The van der Waals surface area contributed by atoms with Gasteiger partial charge in [0.15, 0.2) is 5.78 Å². The third kappa shape index (κ3) is 4.49. The molecule has 8 heteroatoms. The van der Waals surface area contributed by atoms with Crippen LogP contribution >= 0.6 is 0 Å². The van der Waals surface area contributed by atoms with Gasteiger partial charge in [0.2, 0.25) is 0 Å². The molecule has 0 radical (unpaired) electrons. The maximum absolute atomic E-state index is 14.6. The number of H-pyrrole nitrogens is 1. The van der Waals surface area contributed by atoms with Gasteiger partial charge < -0.3 is 15.6 Å². The van der Waals surface area contributed by atoms with E-state index in [-0.39, 0.29) is 5.56 Å². The molecule has 4 aromatic rings. The number of amides is 2. The maximum Gasteiger partial charge on any atom is 0.319 e. The van der Waals surface area contributed by atoms with E-state index in [9.17, 15) is 14.0 Å². The first-order valence-electron chi connectivity index (χ1n) is 10.3. The van der Waals surface area contributed by atoms with Gasteiger partial charge in [-0.15, -0.1) is 0 Å². The number of fused-ring (bicyclic) bond motifs is 1. The van der Waals surface area contributed by atoms with Crippen molar-refractivity contribution in [3.05, 3.63) is 78.1 Å². The van der Waals surface area contributed by atoms with E-state index in [0.29, 0.717) is 28.8 Å². The molecule has 7 nitrogen and oxygen atoms in total. The fraction of sp³-hybridized carbons (Fsp3) is 0.167. The fourth-order valence-electron chi connectivity index (χ4n) is 3.36. The van der Waals surface area contributed by atoms with E-state index in [1.165, 1.54) is 24.4 Å². The molecule has 3 heterocycles. The van der Waals surface area contributed by atoms with Crippen LogP contribution in [0.15, 0.2) is 61.2 Å². The summed E-state index contributed by atoms with van der Waals surface area (Å²) in [5.41, 5.74) is 2.65. The number of carbonyl (C=O) groups is 2. The number of halogens is 1. The molecule has 0 aliphatic rings. The SMILES string of the molecule is CCCCNC(=O)Nc1ccc(F)c(C(=O)c2c[nH]c3ncc(-c4cccnc4)cc23)c1. The highest BCUT2D eigenvalue weighted by Gasteiger charge is 2.20. The van der Waals surface area contributed by atoms with Gasteiger partial charge in [-0.2, -0.15) is 0 Å². The van der Waals surface area contributed by atoms with E-state index in [4.69, 9.17) is 0 Å². The number of aromatic nitrogens is 3. The van der Waals surface area contributed by atoms with Crippen molar-refractivity contribution < 1.29 is 14.0 Å². The van der Waals surface area contributed by atoms with Crippen molar-refractivity contribution in [2.45, 2.75) is 19.8 Å². The summed E-state index contributed by atoms with van der Waals surface area (Å²) in [5, 5.41) is 5.94. The normalized spacial score (nSPS) is 10.8. The summed E-state index contributed by atoms with van der Waals surface area (Å²) in [5.74, 6) is -1.17. The molecule has 32 heavy (non-hydrogen) atoms. The second kappa shape index (κ2) is 9.38. The highest BCUT2D eigenvalue weighted by atomic mass is 19.1. The van der Waals surface area contributed by atoms with Crippen LogP contribution in [0.25, 0.3) is 22.2 Å². The topological polar surface area (TPSA) is 99.8 Å². The predicted octanol–water partition coefficient (Wildman–Crippen LogP) is 4.92. The molecule has 3 N–H and O–H groups in total. The summed E-state index contributed by atoms with van der Waals surface area (Å²) in [6.45, 7) is 2.56. The number of nitrogens with one attached hydrogen (secondary N) is 3. The molecule has 0 saturated carbocycles. The second-order valence-corrected chi connectivity index (χ2v) is 7.32. The summed E-state index contributed by atoms with van der Waals surface area (Å²) in [6, 6.07) is 9.06. The van der Waals surface area contributed by atoms with Crippen LogP contribution < -0.4 is 10.6 Å². The van der Waals surface area contributed by atoms with Gasteiger partial charge in [0.05, 0.1) is 5.56 Å². The molecule has 0 aliphatic heterocycles. The Morgan fingerprint density at radius 1 is 1.09 bits per heavy atom. The molecule has 0 bridgehead atoms. The number of pyridine rings is 2. The van der Waals surface area contributed by atoms with Gasteiger partial charge in [0, 0.05) is 59.1 Å². The number of ketones is 1. The molecular weight excluding hydrogens is 409 g/mol. The van der Waals surface area contributed by atoms with Crippen molar-refractivity contribution in [2.24, 2.45) is 0 Å². The van der Waals surface area contributed by atoms with Crippen LogP contribution in [0.5, 0.6) is 0 Å². The maximum atomic E-state index is 14.6. The Labute approximate surface area is 184 Å². The summed E-state index contributed by atoms with van der Waals surface area (Å²) < 4.78 is 14.6. The zero-order valence-electron chi connectivity index (χ0n) is 17.5. The van der Waals surface area contributed by atoms with Gasteiger partial charge in [-0.25, -0.2) is 14.2 Å². The molecule has 0 unspecified atom stereocenters. The Morgan fingerprint density at radius 3 is 2.75 bits per heavy atom. The van der Waals surface area contributed by atoms with Crippen molar-refractivity contribution in [2.75, 3.05) is 11.9 Å². The van der Waals surface area contributed by atoms with Crippen LogP contribution in [0.4, 0.5) is 14.9 Å². The number of hydrogen-bond acceptors (Lipinski definition) is 4. The molecule has 0 fully saturated rings. The highest BCUT2D eigenvalue weighted by molar-refractivity contribution is 6.16.